The predicted octanol–water partition coefficient (Wildman–Crippen LogP) is 8.26. The maximum Gasteiger partial charge on any atom is 0.308 e. The van der Waals surface area contributed by atoms with Gasteiger partial charge in [0.2, 0.25) is 6.29 Å². The zero-order valence-electron chi connectivity index (χ0n) is 20.4. The number of rotatable bonds is 22. The standard InChI is InChI=1S/C26H50O4/c1-4-7-10-13-14-17-20-23-26(29-24(27)21-18-15-11-8-5-2)30-25(28)22-19-16-12-9-6-3/h26H,4-23H2,1-3H3. The summed E-state index contributed by atoms with van der Waals surface area (Å²) in [5.74, 6) is -0.453. The Kier molecular flexibility index (Phi) is 21.8. The molecule has 0 fully saturated rings. The third-order valence-corrected chi connectivity index (χ3v) is 5.54. The van der Waals surface area contributed by atoms with Crippen molar-refractivity contribution in [2.45, 2.75) is 155 Å². The van der Waals surface area contributed by atoms with Gasteiger partial charge in [0.15, 0.2) is 0 Å². The van der Waals surface area contributed by atoms with Gasteiger partial charge in [-0.3, -0.25) is 9.59 Å². The van der Waals surface area contributed by atoms with Crippen molar-refractivity contribution in [3.8, 4) is 0 Å². The van der Waals surface area contributed by atoms with Gasteiger partial charge in [-0.1, -0.05) is 111 Å². The molecule has 0 aliphatic rings. The number of carbonyl (C=O) groups is 2. The quantitative estimate of drug-likeness (QED) is 0.0993. The molecule has 178 valence electrons. The number of hydrogen-bond acceptors (Lipinski definition) is 4. The summed E-state index contributed by atoms with van der Waals surface area (Å²) in [6, 6.07) is 0. The molecular weight excluding hydrogens is 376 g/mol. The van der Waals surface area contributed by atoms with Crippen LogP contribution in [0.4, 0.5) is 0 Å². The van der Waals surface area contributed by atoms with Gasteiger partial charge in [-0.15, -0.1) is 0 Å². The maximum absolute atomic E-state index is 12.2. The van der Waals surface area contributed by atoms with Crippen molar-refractivity contribution in [2.24, 2.45) is 0 Å². The van der Waals surface area contributed by atoms with Crippen molar-refractivity contribution in [1.82, 2.24) is 0 Å². The highest BCUT2D eigenvalue weighted by atomic mass is 16.7. The smallest absolute Gasteiger partial charge is 0.308 e. The lowest BCUT2D eigenvalue weighted by atomic mass is 10.1. The lowest BCUT2D eigenvalue weighted by Gasteiger charge is -2.18. The van der Waals surface area contributed by atoms with E-state index in [1.54, 1.807) is 0 Å². The molecule has 0 radical (unpaired) electrons. The zero-order valence-corrected chi connectivity index (χ0v) is 20.4. The van der Waals surface area contributed by atoms with Gasteiger partial charge in [0.05, 0.1) is 0 Å². The molecule has 0 heterocycles. The molecule has 0 aromatic carbocycles. The van der Waals surface area contributed by atoms with Gasteiger partial charge in [-0.25, -0.2) is 0 Å². The maximum atomic E-state index is 12.2. The van der Waals surface area contributed by atoms with Crippen LogP contribution in [0.3, 0.4) is 0 Å². The monoisotopic (exact) mass is 426 g/mol. The van der Waals surface area contributed by atoms with Crippen molar-refractivity contribution in [1.29, 1.82) is 0 Å². The van der Waals surface area contributed by atoms with Gasteiger partial charge in [0.1, 0.15) is 0 Å². The van der Waals surface area contributed by atoms with Gasteiger partial charge in [-0.2, -0.15) is 0 Å². The number of carbonyl (C=O) groups excluding carboxylic acids is 2. The van der Waals surface area contributed by atoms with Crippen LogP contribution in [0.5, 0.6) is 0 Å². The summed E-state index contributed by atoms with van der Waals surface area (Å²) in [5, 5.41) is 0. The van der Waals surface area contributed by atoms with Crippen molar-refractivity contribution in [2.75, 3.05) is 0 Å². The van der Waals surface area contributed by atoms with E-state index in [0.29, 0.717) is 19.3 Å². The van der Waals surface area contributed by atoms with E-state index in [4.69, 9.17) is 9.47 Å². The molecule has 0 saturated carbocycles. The van der Waals surface area contributed by atoms with Crippen LogP contribution >= 0.6 is 0 Å². The third kappa shape index (κ3) is 20.2. The summed E-state index contributed by atoms with van der Waals surface area (Å²) in [7, 11) is 0. The zero-order chi connectivity index (χ0) is 22.3. The highest BCUT2D eigenvalue weighted by molar-refractivity contribution is 5.71. The molecule has 0 amide bonds. The van der Waals surface area contributed by atoms with Gasteiger partial charge in [-0.05, 0) is 19.3 Å². The second-order valence-electron chi connectivity index (χ2n) is 8.65. The first-order valence-electron chi connectivity index (χ1n) is 13.0. The van der Waals surface area contributed by atoms with Crippen LogP contribution in [0, 0.1) is 0 Å². The van der Waals surface area contributed by atoms with Crippen molar-refractivity contribution in [3.63, 3.8) is 0 Å². The number of ether oxygens (including phenoxy) is 2. The second-order valence-corrected chi connectivity index (χ2v) is 8.65. The summed E-state index contributed by atoms with van der Waals surface area (Å²) in [4.78, 5) is 24.4. The Balaban J connectivity index is 4.22. The van der Waals surface area contributed by atoms with Crippen LogP contribution in [0.15, 0.2) is 0 Å². The van der Waals surface area contributed by atoms with Gasteiger partial charge < -0.3 is 9.47 Å². The first-order chi connectivity index (χ1) is 14.6. The van der Waals surface area contributed by atoms with E-state index in [1.165, 1.54) is 57.8 Å². The summed E-state index contributed by atoms with van der Waals surface area (Å²) >= 11 is 0. The molecule has 0 spiro atoms. The Morgan fingerprint density at radius 1 is 0.500 bits per heavy atom. The topological polar surface area (TPSA) is 52.6 Å². The minimum atomic E-state index is -0.702. The fourth-order valence-corrected chi connectivity index (χ4v) is 3.57. The molecule has 0 saturated heterocycles. The molecule has 0 N–H and O–H groups in total. The first kappa shape index (κ1) is 28.9. The van der Waals surface area contributed by atoms with E-state index >= 15 is 0 Å². The molecule has 0 aromatic heterocycles. The normalized spacial score (nSPS) is 11.1. The number of esters is 2. The van der Waals surface area contributed by atoms with Crippen LogP contribution in [0.2, 0.25) is 0 Å². The molecule has 4 heteroatoms. The fraction of sp³-hybridized carbons (Fsp3) is 0.923. The average Bonchev–Trinajstić information content (AvgIpc) is 2.72. The Labute approximate surface area is 186 Å². The van der Waals surface area contributed by atoms with Crippen LogP contribution < -0.4 is 0 Å². The summed E-state index contributed by atoms with van der Waals surface area (Å²) < 4.78 is 11.1. The Bertz CT molecular complexity index is 366. The van der Waals surface area contributed by atoms with E-state index in [0.717, 1.165) is 51.4 Å². The van der Waals surface area contributed by atoms with Crippen LogP contribution in [-0.2, 0) is 19.1 Å². The van der Waals surface area contributed by atoms with Crippen molar-refractivity contribution >= 4 is 11.9 Å². The van der Waals surface area contributed by atoms with Crippen LogP contribution in [0.25, 0.3) is 0 Å². The van der Waals surface area contributed by atoms with Crippen LogP contribution in [-0.4, -0.2) is 18.2 Å². The number of hydrogen-bond donors (Lipinski definition) is 0. The van der Waals surface area contributed by atoms with Crippen molar-refractivity contribution < 1.29 is 19.1 Å². The van der Waals surface area contributed by atoms with Gasteiger partial charge in [0, 0.05) is 19.3 Å². The predicted molar refractivity (Wildman–Crippen MR) is 125 cm³/mol. The molecule has 0 atom stereocenters. The van der Waals surface area contributed by atoms with E-state index in [1.807, 2.05) is 0 Å². The minimum Gasteiger partial charge on any atom is -0.425 e. The molecule has 0 aliphatic carbocycles. The van der Waals surface area contributed by atoms with Crippen LogP contribution in [0.1, 0.15) is 149 Å². The van der Waals surface area contributed by atoms with Crippen molar-refractivity contribution in [3.05, 3.63) is 0 Å². The summed E-state index contributed by atoms with van der Waals surface area (Å²) in [5.41, 5.74) is 0. The Hall–Kier alpha value is -1.06. The Morgan fingerprint density at radius 2 is 0.833 bits per heavy atom. The third-order valence-electron chi connectivity index (χ3n) is 5.54. The molecule has 0 bridgehead atoms. The Morgan fingerprint density at radius 3 is 1.23 bits per heavy atom. The molecule has 4 nitrogen and oxygen atoms in total. The highest BCUT2D eigenvalue weighted by Crippen LogP contribution is 2.15. The van der Waals surface area contributed by atoms with Gasteiger partial charge in [0.25, 0.3) is 0 Å². The SMILES string of the molecule is CCCCCCCCCC(OC(=O)CCCCCCC)OC(=O)CCCCCCC. The van der Waals surface area contributed by atoms with E-state index in [-0.39, 0.29) is 11.9 Å². The molecule has 0 unspecified atom stereocenters. The molecule has 0 rings (SSSR count). The van der Waals surface area contributed by atoms with Gasteiger partial charge >= 0.3 is 11.9 Å². The number of unbranched alkanes of at least 4 members (excludes halogenated alkanes) is 14. The lowest BCUT2D eigenvalue weighted by molar-refractivity contribution is -0.189. The lowest BCUT2D eigenvalue weighted by Crippen LogP contribution is -2.24. The van der Waals surface area contributed by atoms with E-state index in [9.17, 15) is 9.59 Å². The summed E-state index contributed by atoms with van der Waals surface area (Å²) in [6.45, 7) is 6.59. The van der Waals surface area contributed by atoms with E-state index < -0.39 is 6.29 Å². The first-order valence-corrected chi connectivity index (χ1v) is 13.0. The highest BCUT2D eigenvalue weighted by Gasteiger charge is 2.18. The average molecular weight is 427 g/mol. The largest absolute Gasteiger partial charge is 0.425 e. The molecular formula is C26H50O4. The molecule has 0 aromatic rings. The second kappa shape index (κ2) is 22.6. The summed E-state index contributed by atoms with van der Waals surface area (Å²) in [6.07, 6.45) is 20.1. The fourth-order valence-electron chi connectivity index (χ4n) is 3.57. The molecule has 0 aliphatic heterocycles. The minimum absolute atomic E-state index is 0.227. The van der Waals surface area contributed by atoms with E-state index in [2.05, 4.69) is 20.8 Å². The molecule has 30 heavy (non-hydrogen) atoms.